The van der Waals surface area contributed by atoms with Crippen LogP contribution >= 0.6 is 11.6 Å². The maximum absolute atomic E-state index is 13.4. The van der Waals surface area contributed by atoms with Gasteiger partial charge in [-0.05, 0) is 76.3 Å². The predicted octanol–water partition coefficient (Wildman–Crippen LogP) is 3.37. The molecule has 0 aliphatic heterocycles. The highest BCUT2D eigenvalue weighted by atomic mass is 35.5. The Bertz CT molecular complexity index is 1670. The number of hydrogen-bond donors (Lipinski definition) is 5. The van der Waals surface area contributed by atoms with E-state index in [0.717, 1.165) is 5.56 Å². The summed E-state index contributed by atoms with van der Waals surface area (Å²) in [6.07, 6.45) is 0.608. The quantitative estimate of drug-likeness (QED) is 0.136. The Labute approximate surface area is 278 Å². The third-order valence-corrected chi connectivity index (χ3v) is 7.16. The molecule has 5 N–H and O–H groups in total. The summed E-state index contributed by atoms with van der Waals surface area (Å²) in [5.41, 5.74) is 1.39. The number of aryl methyl sites for hydroxylation is 2. The molecule has 13 heteroatoms. The van der Waals surface area contributed by atoms with Gasteiger partial charge in [0.2, 0.25) is 11.8 Å². The van der Waals surface area contributed by atoms with Crippen LogP contribution in [0.15, 0.2) is 64.7 Å². The van der Waals surface area contributed by atoms with Crippen LogP contribution in [-0.4, -0.2) is 57.6 Å². The molecule has 0 saturated heterocycles. The molecule has 3 unspecified atom stereocenters. The molecule has 1 heterocycles. The van der Waals surface area contributed by atoms with Crippen LogP contribution in [0.3, 0.4) is 0 Å². The first kappa shape index (κ1) is 36.5. The number of carbonyl (C=O) groups excluding carboxylic acids is 4. The van der Waals surface area contributed by atoms with Crippen molar-refractivity contribution < 1.29 is 28.8 Å². The van der Waals surface area contributed by atoms with Crippen molar-refractivity contribution in [2.45, 2.75) is 77.7 Å². The lowest BCUT2D eigenvalue weighted by Gasteiger charge is -2.24. The molecule has 3 rings (SSSR count). The molecule has 47 heavy (non-hydrogen) atoms. The minimum atomic E-state index is -1.41. The molecule has 0 bridgehead atoms. The number of aromatic nitrogens is 1. The van der Waals surface area contributed by atoms with Gasteiger partial charge in [0.25, 0.3) is 11.8 Å². The van der Waals surface area contributed by atoms with E-state index in [2.05, 4.69) is 26.4 Å². The minimum Gasteiger partial charge on any atom is -0.391 e. The van der Waals surface area contributed by atoms with E-state index < -0.39 is 47.4 Å². The third kappa shape index (κ3) is 11.4. The van der Waals surface area contributed by atoms with Crippen LogP contribution in [0.2, 0.25) is 5.02 Å². The lowest BCUT2D eigenvalue weighted by molar-refractivity contribution is -0.131. The number of nitrogens with zero attached hydrogens (tertiary/aromatic N) is 2. The first-order valence-electron chi connectivity index (χ1n) is 14.9. The lowest BCUT2D eigenvalue weighted by Crippen LogP contribution is -2.57. The second-order valence-electron chi connectivity index (χ2n) is 12.0. The van der Waals surface area contributed by atoms with E-state index in [9.17, 15) is 29.5 Å². The molecule has 0 aliphatic rings. The molecule has 3 aromatic rings. The molecule has 0 fully saturated rings. The van der Waals surface area contributed by atoms with Crippen LogP contribution in [0, 0.1) is 18.3 Å². The maximum atomic E-state index is 13.4. The maximum Gasteiger partial charge on any atom is 0.274 e. The summed E-state index contributed by atoms with van der Waals surface area (Å²) in [6, 6.07) is 14.9. The molecule has 0 radical (unpaired) electrons. The van der Waals surface area contributed by atoms with Crippen LogP contribution in [-0.2, 0) is 27.3 Å². The normalized spacial score (nSPS) is 13.4. The first-order chi connectivity index (χ1) is 22.2. The summed E-state index contributed by atoms with van der Waals surface area (Å²) in [4.78, 5) is 52.0. The molecule has 0 saturated carbocycles. The van der Waals surface area contributed by atoms with Crippen molar-refractivity contribution in [1.82, 2.24) is 26.4 Å². The summed E-state index contributed by atoms with van der Waals surface area (Å²) in [7, 11) is 0. The van der Waals surface area contributed by atoms with Crippen LogP contribution in [0.4, 0.5) is 0 Å². The highest BCUT2D eigenvalue weighted by Gasteiger charge is 2.31. The van der Waals surface area contributed by atoms with Gasteiger partial charge in [0.1, 0.15) is 29.5 Å². The zero-order valence-electron chi connectivity index (χ0n) is 26.9. The van der Waals surface area contributed by atoms with Crippen molar-refractivity contribution in [3.05, 3.63) is 93.3 Å². The van der Waals surface area contributed by atoms with Gasteiger partial charge in [0.05, 0.1) is 6.10 Å². The number of aliphatic hydroxyl groups is 1. The largest absolute Gasteiger partial charge is 0.391 e. The summed E-state index contributed by atoms with van der Waals surface area (Å²) in [5, 5.41) is 34.7. The van der Waals surface area contributed by atoms with Gasteiger partial charge in [-0.25, -0.2) is 0 Å². The monoisotopic (exact) mass is 662 g/mol. The van der Waals surface area contributed by atoms with Crippen LogP contribution in [0.5, 0.6) is 0 Å². The molecular weight excluding hydrogens is 624 g/mol. The van der Waals surface area contributed by atoms with Gasteiger partial charge in [0.15, 0.2) is 5.69 Å². The van der Waals surface area contributed by atoms with E-state index in [-0.39, 0.29) is 24.2 Å². The van der Waals surface area contributed by atoms with Gasteiger partial charge in [-0.1, -0.05) is 59.2 Å². The molecule has 4 amide bonds. The number of rotatable bonds is 13. The zero-order valence-corrected chi connectivity index (χ0v) is 27.6. The number of carbonyl (C=O) groups is 4. The van der Waals surface area contributed by atoms with Crippen LogP contribution in [0.25, 0.3) is 6.08 Å². The smallest absolute Gasteiger partial charge is 0.274 e. The number of amides is 4. The molecule has 0 spiro atoms. The number of hydrogen-bond acceptors (Lipinski definition) is 8. The van der Waals surface area contributed by atoms with Gasteiger partial charge in [-0.15, -0.1) is 0 Å². The van der Waals surface area contributed by atoms with Gasteiger partial charge in [-0.3, -0.25) is 19.2 Å². The molecule has 2 aromatic carbocycles. The van der Waals surface area contributed by atoms with Crippen LogP contribution in [0.1, 0.15) is 67.1 Å². The summed E-state index contributed by atoms with van der Waals surface area (Å²) >= 11 is 6.25. The third-order valence-electron chi connectivity index (χ3n) is 6.79. The second kappa shape index (κ2) is 16.5. The van der Waals surface area contributed by atoms with E-state index in [1.807, 2.05) is 32.9 Å². The van der Waals surface area contributed by atoms with Gasteiger partial charge in [0, 0.05) is 23.2 Å². The van der Waals surface area contributed by atoms with Crippen molar-refractivity contribution in [2.24, 2.45) is 0 Å². The highest BCUT2D eigenvalue weighted by Crippen LogP contribution is 2.16. The minimum absolute atomic E-state index is 0.0619. The van der Waals surface area contributed by atoms with Crippen molar-refractivity contribution in [1.29, 1.82) is 5.26 Å². The number of aliphatic hydroxyl groups excluding tert-OH is 1. The van der Waals surface area contributed by atoms with E-state index >= 15 is 0 Å². The average Bonchev–Trinajstić information content (AvgIpc) is 3.45. The predicted molar refractivity (Wildman–Crippen MR) is 176 cm³/mol. The van der Waals surface area contributed by atoms with E-state index in [4.69, 9.17) is 16.1 Å². The standard InChI is InChI=1S/C34H39ClN6O6/c1-20-15-28(41-47-20)32(45)39-29(21(2)42)33(46)38-27(31(44)37-19-24-11-6-7-12-26(24)35)14-13-22-9-8-10-23(16-22)17-25(18-36)30(43)40-34(3,4)5/h6-12,15-17,21,27,29,42H,13-14,19H2,1-5H3,(H,37,44)(H,38,46)(H,39,45)(H,40,43). The second-order valence-corrected chi connectivity index (χ2v) is 12.4. The van der Waals surface area contributed by atoms with E-state index in [0.29, 0.717) is 28.3 Å². The van der Waals surface area contributed by atoms with E-state index in [1.54, 1.807) is 49.4 Å². The molecule has 3 atom stereocenters. The van der Waals surface area contributed by atoms with E-state index in [1.165, 1.54) is 19.1 Å². The number of nitriles is 1. The van der Waals surface area contributed by atoms with Crippen molar-refractivity contribution in [2.75, 3.05) is 0 Å². The molecule has 1 aromatic heterocycles. The Kier molecular flexibility index (Phi) is 12.8. The van der Waals surface area contributed by atoms with Gasteiger partial charge < -0.3 is 30.9 Å². The van der Waals surface area contributed by atoms with Crippen molar-refractivity contribution in [3.63, 3.8) is 0 Å². The molecule has 0 aliphatic carbocycles. The lowest BCUT2D eigenvalue weighted by atomic mass is 10.0. The summed E-state index contributed by atoms with van der Waals surface area (Å²) < 4.78 is 4.92. The van der Waals surface area contributed by atoms with Crippen LogP contribution < -0.4 is 21.3 Å². The van der Waals surface area contributed by atoms with Gasteiger partial charge >= 0.3 is 0 Å². The van der Waals surface area contributed by atoms with Crippen molar-refractivity contribution >= 4 is 41.3 Å². The molecule has 12 nitrogen and oxygen atoms in total. The van der Waals surface area contributed by atoms with Crippen molar-refractivity contribution in [3.8, 4) is 6.07 Å². The molecular formula is C34H39ClN6O6. The number of halogens is 1. The fraction of sp³-hybridized carbons (Fsp3) is 0.353. The highest BCUT2D eigenvalue weighted by molar-refractivity contribution is 6.31. The SMILES string of the molecule is Cc1cc(C(=O)NC(C(=O)NC(CCc2cccc(C=C(C#N)C(=O)NC(C)(C)C)c2)C(=O)NCc2ccccc2Cl)C(C)O)no1. The Morgan fingerprint density at radius 1 is 1.06 bits per heavy atom. The topological polar surface area (TPSA) is 186 Å². The fourth-order valence-electron chi connectivity index (χ4n) is 4.44. The Hall–Kier alpha value is -4.99. The summed E-state index contributed by atoms with van der Waals surface area (Å²) in [6.45, 7) is 8.48. The number of nitrogens with one attached hydrogen (secondary N) is 4. The molecule has 248 valence electrons. The summed E-state index contributed by atoms with van der Waals surface area (Å²) in [5.74, 6) is -2.14. The first-order valence-corrected chi connectivity index (χ1v) is 15.3. The zero-order chi connectivity index (χ0) is 34.7. The Morgan fingerprint density at radius 2 is 1.79 bits per heavy atom. The van der Waals surface area contributed by atoms with Gasteiger partial charge in [-0.2, -0.15) is 5.26 Å². The Balaban J connectivity index is 1.80. The average molecular weight is 663 g/mol. The Morgan fingerprint density at radius 3 is 2.40 bits per heavy atom. The number of benzene rings is 2. The fourth-order valence-corrected chi connectivity index (χ4v) is 4.65.